The van der Waals surface area contributed by atoms with E-state index in [4.69, 9.17) is 9.84 Å². The summed E-state index contributed by atoms with van der Waals surface area (Å²) in [6, 6.07) is 9.15. The molecule has 2 amide bonds. The maximum absolute atomic E-state index is 12.1. The fourth-order valence-electron chi connectivity index (χ4n) is 2.39. The normalized spacial score (nSPS) is 12.5. The minimum Gasteiger partial charge on any atom is -0.481 e. The first-order valence-corrected chi connectivity index (χ1v) is 8.26. The van der Waals surface area contributed by atoms with E-state index in [2.05, 4.69) is 10.6 Å². The van der Waals surface area contributed by atoms with Crippen LogP contribution in [-0.2, 0) is 16.0 Å². The number of amides is 2. The van der Waals surface area contributed by atoms with Gasteiger partial charge in [0.25, 0.3) is 0 Å². The van der Waals surface area contributed by atoms with Crippen molar-refractivity contribution in [2.75, 3.05) is 13.2 Å². The van der Waals surface area contributed by atoms with Gasteiger partial charge in [0, 0.05) is 25.6 Å². The summed E-state index contributed by atoms with van der Waals surface area (Å²) in [6.07, 6.45) is 0.991. The van der Waals surface area contributed by atoms with Crippen LogP contribution in [0, 0.1) is 0 Å². The molecule has 1 unspecified atom stereocenters. The van der Waals surface area contributed by atoms with Gasteiger partial charge < -0.3 is 20.5 Å². The summed E-state index contributed by atoms with van der Waals surface area (Å²) in [4.78, 5) is 22.9. The molecular formula is C18H28N2O4. The highest BCUT2D eigenvalue weighted by atomic mass is 16.5. The quantitative estimate of drug-likeness (QED) is 0.613. The standard InChI is InChI=1S/C18H28N2O4/c1-4-24-18(2,3)13-19-17(23)20-15(10-11-16(21)22)12-14-8-6-5-7-9-14/h5-9,15H,4,10-13H2,1-3H3,(H,21,22)(H2,19,20,23). The van der Waals surface area contributed by atoms with Gasteiger partial charge in [-0.2, -0.15) is 0 Å². The molecule has 6 heteroatoms. The molecule has 0 bridgehead atoms. The summed E-state index contributed by atoms with van der Waals surface area (Å²) in [7, 11) is 0. The van der Waals surface area contributed by atoms with E-state index in [0.29, 0.717) is 26.0 Å². The minimum atomic E-state index is -0.868. The lowest BCUT2D eigenvalue weighted by Gasteiger charge is -2.26. The van der Waals surface area contributed by atoms with Crippen molar-refractivity contribution in [3.63, 3.8) is 0 Å². The third-order valence-electron chi connectivity index (χ3n) is 3.58. The van der Waals surface area contributed by atoms with E-state index < -0.39 is 11.6 Å². The Balaban J connectivity index is 2.56. The molecule has 1 aromatic rings. The lowest BCUT2D eigenvalue weighted by molar-refractivity contribution is -0.137. The van der Waals surface area contributed by atoms with Crippen molar-refractivity contribution >= 4 is 12.0 Å². The molecule has 0 saturated carbocycles. The zero-order valence-electron chi connectivity index (χ0n) is 14.7. The first-order chi connectivity index (χ1) is 11.3. The molecule has 0 aromatic heterocycles. The second kappa shape index (κ2) is 9.93. The number of urea groups is 1. The van der Waals surface area contributed by atoms with Gasteiger partial charge in [0.2, 0.25) is 0 Å². The molecule has 0 spiro atoms. The molecule has 24 heavy (non-hydrogen) atoms. The SMILES string of the molecule is CCOC(C)(C)CNC(=O)NC(CCC(=O)O)Cc1ccccc1. The third-order valence-corrected chi connectivity index (χ3v) is 3.58. The summed E-state index contributed by atoms with van der Waals surface area (Å²) in [5.74, 6) is -0.868. The van der Waals surface area contributed by atoms with E-state index >= 15 is 0 Å². The van der Waals surface area contributed by atoms with Crippen molar-refractivity contribution in [3.8, 4) is 0 Å². The lowest BCUT2D eigenvalue weighted by Crippen LogP contribution is -2.48. The second-order valence-corrected chi connectivity index (χ2v) is 6.34. The number of carbonyl (C=O) groups excluding carboxylic acids is 1. The topological polar surface area (TPSA) is 87.7 Å². The minimum absolute atomic E-state index is 0.0161. The first kappa shape index (κ1) is 20.0. The Morgan fingerprint density at radius 2 is 1.92 bits per heavy atom. The van der Waals surface area contributed by atoms with Crippen LogP contribution in [0.15, 0.2) is 30.3 Å². The van der Waals surface area contributed by atoms with Crippen molar-refractivity contribution in [1.82, 2.24) is 10.6 Å². The van der Waals surface area contributed by atoms with Crippen LogP contribution in [0.3, 0.4) is 0 Å². The molecule has 0 saturated heterocycles. The Hall–Kier alpha value is -2.08. The van der Waals surface area contributed by atoms with E-state index in [1.165, 1.54) is 0 Å². The molecule has 0 fully saturated rings. The number of carbonyl (C=O) groups is 2. The summed E-state index contributed by atoms with van der Waals surface area (Å²) < 4.78 is 5.54. The Labute approximate surface area is 143 Å². The molecule has 0 radical (unpaired) electrons. The van der Waals surface area contributed by atoms with Gasteiger partial charge in [0.1, 0.15) is 0 Å². The maximum Gasteiger partial charge on any atom is 0.315 e. The van der Waals surface area contributed by atoms with Gasteiger partial charge in [-0.05, 0) is 39.2 Å². The van der Waals surface area contributed by atoms with Gasteiger partial charge in [0.15, 0.2) is 0 Å². The fraction of sp³-hybridized carbons (Fsp3) is 0.556. The summed E-state index contributed by atoms with van der Waals surface area (Å²) in [6.45, 7) is 6.67. The largest absolute Gasteiger partial charge is 0.481 e. The van der Waals surface area contributed by atoms with Crippen LogP contribution in [0.25, 0.3) is 0 Å². The smallest absolute Gasteiger partial charge is 0.315 e. The summed E-state index contributed by atoms with van der Waals surface area (Å²) >= 11 is 0. The third kappa shape index (κ3) is 8.53. The Morgan fingerprint density at radius 1 is 1.25 bits per heavy atom. The molecule has 1 rings (SSSR count). The zero-order valence-corrected chi connectivity index (χ0v) is 14.7. The van der Waals surface area contributed by atoms with Crippen molar-refractivity contribution in [1.29, 1.82) is 0 Å². The van der Waals surface area contributed by atoms with E-state index in [9.17, 15) is 9.59 Å². The lowest BCUT2D eigenvalue weighted by atomic mass is 10.0. The summed E-state index contributed by atoms with van der Waals surface area (Å²) in [5.41, 5.74) is 0.616. The molecule has 0 aliphatic rings. The molecule has 3 N–H and O–H groups in total. The van der Waals surface area contributed by atoms with Crippen LogP contribution in [0.1, 0.15) is 39.2 Å². The predicted octanol–water partition coefficient (Wildman–Crippen LogP) is 2.58. The van der Waals surface area contributed by atoms with Crippen LogP contribution in [0.4, 0.5) is 4.79 Å². The molecule has 134 valence electrons. The van der Waals surface area contributed by atoms with Gasteiger partial charge >= 0.3 is 12.0 Å². The number of carboxylic acid groups (broad SMARTS) is 1. The number of ether oxygens (including phenoxy) is 1. The van der Waals surface area contributed by atoms with Gasteiger partial charge in [-0.3, -0.25) is 4.79 Å². The molecule has 0 heterocycles. The first-order valence-electron chi connectivity index (χ1n) is 8.26. The number of benzene rings is 1. The van der Waals surface area contributed by atoms with Crippen molar-refractivity contribution < 1.29 is 19.4 Å². The highest BCUT2D eigenvalue weighted by molar-refractivity contribution is 5.74. The Kier molecular flexibility index (Phi) is 8.26. The Morgan fingerprint density at radius 3 is 2.50 bits per heavy atom. The zero-order chi connectivity index (χ0) is 18.0. The van der Waals surface area contributed by atoms with Gasteiger partial charge in [-0.15, -0.1) is 0 Å². The van der Waals surface area contributed by atoms with Crippen LogP contribution < -0.4 is 10.6 Å². The van der Waals surface area contributed by atoms with E-state index in [1.807, 2.05) is 51.1 Å². The highest BCUT2D eigenvalue weighted by Gasteiger charge is 2.20. The molecule has 0 aliphatic heterocycles. The van der Waals surface area contributed by atoms with Gasteiger partial charge in [-0.1, -0.05) is 30.3 Å². The van der Waals surface area contributed by atoms with Gasteiger partial charge in [-0.25, -0.2) is 4.79 Å². The van der Waals surface area contributed by atoms with Crippen molar-refractivity contribution in [2.45, 2.75) is 51.7 Å². The average molecular weight is 336 g/mol. The molecule has 1 aromatic carbocycles. The van der Waals surface area contributed by atoms with Crippen LogP contribution in [-0.4, -0.2) is 41.9 Å². The van der Waals surface area contributed by atoms with Crippen LogP contribution in [0.2, 0.25) is 0 Å². The summed E-state index contributed by atoms with van der Waals surface area (Å²) in [5, 5.41) is 14.5. The number of nitrogens with one attached hydrogen (secondary N) is 2. The highest BCUT2D eigenvalue weighted by Crippen LogP contribution is 2.09. The van der Waals surface area contributed by atoms with Crippen molar-refractivity contribution in [3.05, 3.63) is 35.9 Å². The number of aliphatic carboxylic acids is 1. The van der Waals surface area contributed by atoms with Crippen LogP contribution in [0.5, 0.6) is 0 Å². The molecule has 0 aliphatic carbocycles. The van der Waals surface area contributed by atoms with Crippen LogP contribution >= 0.6 is 0 Å². The number of rotatable bonds is 10. The molecular weight excluding hydrogens is 308 g/mol. The average Bonchev–Trinajstić information content (AvgIpc) is 2.52. The molecule has 1 atom stereocenters. The molecule has 6 nitrogen and oxygen atoms in total. The number of carboxylic acids is 1. The number of hydrogen-bond donors (Lipinski definition) is 3. The fourth-order valence-corrected chi connectivity index (χ4v) is 2.39. The number of hydrogen-bond acceptors (Lipinski definition) is 3. The monoisotopic (exact) mass is 336 g/mol. The van der Waals surface area contributed by atoms with E-state index in [0.717, 1.165) is 5.56 Å². The van der Waals surface area contributed by atoms with Gasteiger partial charge in [0.05, 0.1) is 5.60 Å². The Bertz CT molecular complexity index is 517. The van der Waals surface area contributed by atoms with E-state index in [-0.39, 0.29) is 18.5 Å². The second-order valence-electron chi connectivity index (χ2n) is 6.34. The van der Waals surface area contributed by atoms with Crippen molar-refractivity contribution in [2.24, 2.45) is 0 Å². The predicted molar refractivity (Wildman–Crippen MR) is 93.0 cm³/mol. The van der Waals surface area contributed by atoms with E-state index in [1.54, 1.807) is 0 Å². The maximum atomic E-state index is 12.1.